The van der Waals surface area contributed by atoms with Crippen LogP contribution in [0.2, 0.25) is 0 Å². The number of hydrogen-bond donors (Lipinski definition) is 1. The molecule has 0 saturated heterocycles. The Hall–Kier alpha value is -1.91. The number of carbonyl (C=O) groups is 1. The molecule has 5 nitrogen and oxygen atoms in total. The van der Waals surface area contributed by atoms with Crippen molar-refractivity contribution in [2.45, 2.75) is 6.42 Å². The van der Waals surface area contributed by atoms with E-state index in [9.17, 15) is 4.79 Å². The summed E-state index contributed by atoms with van der Waals surface area (Å²) in [6, 6.07) is 1.67. The third-order valence-electron chi connectivity index (χ3n) is 1.72. The van der Waals surface area contributed by atoms with Crippen LogP contribution in [0.1, 0.15) is 5.69 Å². The van der Waals surface area contributed by atoms with Gasteiger partial charge in [0.1, 0.15) is 0 Å². The minimum atomic E-state index is -0.860. The van der Waals surface area contributed by atoms with Gasteiger partial charge in [-0.2, -0.15) is 0 Å². The minimum absolute atomic E-state index is 0.0185. The lowest BCUT2D eigenvalue weighted by Gasteiger charge is -1.99. The number of aliphatic carboxylic acids is 1. The van der Waals surface area contributed by atoms with E-state index in [4.69, 9.17) is 5.11 Å². The van der Waals surface area contributed by atoms with E-state index >= 15 is 0 Å². The molecule has 0 unspecified atom stereocenters. The molecular formula is C8H7N3O2. The number of carboxylic acid groups (broad SMARTS) is 1. The molecule has 0 amide bonds. The monoisotopic (exact) mass is 177 g/mol. The Morgan fingerprint density at radius 1 is 1.46 bits per heavy atom. The molecule has 0 aliphatic heterocycles. The fourth-order valence-corrected chi connectivity index (χ4v) is 1.18. The lowest BCUT2D eigenvalue weighted by atomic mass is 10.3. The zero-order chi connectivity index (χ0) is 9.26. The highest BCUT2D eigenvalue weighted by molar-refractivity contribution is 5.69. The van der Waals surface area contributed by atoms with Crippen LogP contribution >= 0.6 is 0 Å². The van der Waals surface area contributed by atoms with Gasteiger partial charge in [-0.25, -0.2) is 9.97 Å². The van der Waals surface area contributed by atoms with Crippen LogP contribution in [0.3, 0.4) is 0 Å². The van der Waals surface area contributed by atoms with Gasteiger partial charge >= 0.3 is 5.97 Å². The normalized spacial score (nSPS) is 10.5. The van der Waals surface area contributed by atoms with Gasteiger partial charge in [0.2, 0.25) is 5.78 Å². The minimum Gasteiger partial charge on any atom is -0.481 e. The lowest BCUT2D eigenvalue weighted by Crippen LogP contribution is -2.05. The van der Waals surface area contributed by atoms with E-state index in [-0.39, 0.29) is 6.42 Å². The van der Waals surface area contributed by atoms with Crippen LogP contribution in [0, 0.1) is 0 Å². The molecule has 13 heavy (non-hydrogen) atoms. The summed E-state index contributed by atoms with van der Waals surface area (Å²) in [5.41, 5.74) is 0.676. The number of fused-ring (bicyclic) bond motifs is 1. The Labute approximate surface area is 73.7 Å². The van der Waals surface area contributed by atoms with E-state index in [2.05, 4.69) is 9.97 Å². The zero-order valence-corrected chi connectivity index (χ0v) is 6.71. The Balaban J connectivity index is 2.54. The second kappa shape index (κ2) is 2.85. The molecule has 2 aromatic rings. The highest BCUT2D eigenvalue weighted by Gasteiger charge is 2.04. The number of carboxylic acids is 1. The van der Waals surface area contributed by atoms with E-state index in [1.165, 1.54) is 0 Å². The maximum absolute atomic E-state index is 10.5. The quantitative estimate of drug-likeness (QED) is 0.719. The molecule has 0 radical (unpaired) electrons. The molecular weight excluding hydrogens is 170 g/mol. The molecule has 0 spiro atoms. The third kappa shape index (κ3) is 1.35. The van der Waals surface area contributed by atoms with Gasteiger partial charge in [-0.05, 0) is 6.07 Å². The second-order valence-electron chi connectivity index (χ2n) is 2.60. The predicted molar refractivity (Wildman–Crippen MR) is 44.3 cm³/mol. The van der Waals surface area contributed by atoms with Crippen molar-refractivity contribution in [2.75, 3.05) is 0 Å². The Morgan fingerprint density at radius 2 is 2.23 bits per heavy atom. The van der Waals surface area contributed by atoms with Crippen molar-refractivity contribution >= 4 is 11.7 Å². The smallest absolute Gasteiger partial charge is 0.309 e. The van der Waals surface area contributed by atoms with Crippen molar-refractivity contribution in [1.29, 1.82) is 0 Å². The number of hydrogen-bond acceptors (Lipinski definition) is 3. The van der Waals surface area contributed by atoms with Crippen LogP contribution in [-0.4, -0.2) is 25.4 Å². The highest BCUT2D eigenvalue weighted by atomic mass is 16.4. The molecule has 0 aliphatic rings. The maximum Gasteiger partial charge on any atom is 0.309 e. The van der Waals surface area contributed by atoms with Crippen molar-refractivity contribution in [1.82, 2.24) is 14.4 Å². The number of nitrogens with zero attached hydrogens (tertiary/aromatic N) is 3. The van der Waals surface area contributed by atoms with E-state index in [0.717, 1.165) is 0 Å². The first-order chi connectivity index (χ1) is 6.27. The summed E-state index contributed by atoms with van der Waals surface area (Å²) in [5, 5.41) is 8.61. The fraction of sp³-hybridized carbons (Fsp3) is 0.125. The average molecular weight is 177 g/mol. The topological polar surface area (TPSA) is 67.5 Å². The summed E-state index contributed by atoms with van der Waals surface area (Å²) in [5.74, 6) is -0.333. The predicted octanol–water partition coefficient (Wildman–Crippen LogP) is 0.356. The van der Waals surface area contributed by atoms with Crippen LogP contribution in [0.4, 0.5) is 0 Å². The van der Waals surface area contributed by atoms with Crippen molar-refractivity contribution in [3.8, 4) is 0 Å². The molecule has 2 heterocycles. The summed E-state index contributed by atoms with van der Waals surface area (Å²) >= 11 is 0. The van der Waals surface area contributed by atoms with Crippen LogP contribution in [0.15, 0.2) is 24.7 Å². The van der Waals surface area contributed by atoms with Gasteiger partial charge in [-0.1, -0.05) is 0 Å². The molecule has 0 saturated carbocycles. The van der Waals surface area contributed by atoms with Gasteiger partial charge in [-0.3, -0.25) is 9.20 Å². The van der Waals surface area contributed by atoms with Crippen LogP contribution in [0.5, 0.6) is 0 Å². The lowest BCUT2D eigenvalue weighted by molar-refractivity contribution is -0.136. The third-order valence-corrected chi connectivity index (χ3v) is 1.72. The van der Waals surface area contributed by atoms with Gasteiger partial charge in [-0.15, -0.1) is 0 Å². The van der Waals surface area contributed by atoms with Gasteiger partial charge in [0, 0.05) is 24.3 Å². The van der Waals surface area contributed by atoms with Crippen LogP contribution in [-0.2, 0) is 11.2 Å². The van der Waals surface area contributed by atoms with Crippen molar-refractivity contribution in [3.63, 3.8) is 0 Å². The standard InChI is InChI=1S/C8H7N3O2/c12-7(13)5-6-1-2-9-8-10-3-4-11(6)8/h1-4H,5H2,(H,12,13). The van der Waals surface area contributed by atoms with E-state index < -0.39 is 5.97 Å². The average Bonchev–Trinajstić information content (AvgIpc) is 2.51. The number of aromatic nitrogens is 3. The van der Waals surface area contributed by atoms with Crippen molar-refractivity contribution < 1.29 is 9.90 Å². The van der Waals surface area contributed by atoms with Crippen molar-refractivity contribution in [3.05, 3.63) is 30.4 Å². The molecule has 0 bridgehead atoms. The van der Waals surface area contributed by atoms with Crippen LogP contribution in [0.25, 0.3) is 5.78 Å². The summed E-state index contributed by atoms with van der Waals surface area (Å²) in [7, 11) is 0. The van der Waals surface area contributed by atoms with E-state index in [1.807, 2.05) is 0 Å². The Kier molecular flexibility index (Phi) is 1.70. The Bertz CT molecular complexity index is 449. The summed E-state index contributed by atoms with van der Waals surface area (Å²) in [4.78, 5) is 18.4. The SMILES string of the molecule is O=C(O)Cc1ccnc2nccn12. The van der Waals surface area contributed by atoms with E-state index in [1.54, 1.807) is 29.1 Å². The largest absolute Gasteiger partial charge is 0.481 e. The molecule has 0 aliphatic carbocycles. The first-order valence-corrected chi connectivity index (χ1v) is 3.76. The summed E-state index contributed by atoms with van der Waals surface area (Å²) < 4.78 is 1.66. The Morgan fingerprint density at radius 3 is 3.00 bits per heavy atom. The van der Waals surface area contributed by atoms with Crippen LogP contribution < -0.4 is 0 Å². The van der Waals surface area contributed by atoms with E-state index in [0.29, 0.717) is 11.5 Å². The highest BCUT2D eigenvalue weighted by Crippen LogP contribution is 2.03. The molecule has 66 valence electrons. The fourth-order valence-electron chi connectivity index (χ4n) is 1.18. The molecule has 0 atom stereocenters. The van der Waals surface area contributed by atoms with Gasteiger partial charge in [0.05, 0.1) is 6.42 Å². The molecule has 2 rings (SSSR count). The first-order valence-electron chi connectivity index (χ1n) is 3.76. The number of imidazole rings is 1. The number of rotatable bonds is 2. The first kappa shape index (κ1) is 7.72. The maximum atomic E-state index is 10.5. The van der Waals surface area contributed by atoms with Gasteiger partial charge in [0.15, 0.2) is 0 Å². The summed E-state index contributed by atoms with van der Waals surface area (Å²) in [6.07, 6.45) is 4.82. The van der Waals surface area contributed by atoms with Gasteiger partial charge < -0.3 is 5.11 Å². The van der Waals surface area contributed by atoms with Gasteiger partial charge in [0.25, 0.3) is 0 Å². The molecule has 0 fully saturated rings. The molecule has 5 heteroatoms. The molecule has 2 aromatic heterocycles. The van der Waals surface area contributed by atoms with Crippen molar-refractivity contribution in [2.24, 2.45) is 0 Å². The molecule has 0 aromatic carbocycles. The zero-order valence-electron chi connectivity index (χ0n) is 6.71. The molecule has 1 N–H and O–H groups in total. The summed E-state index contributed by atoms with van der Waals surface area (Å²) in [6.45, 7) is 0. The second-order valence-corrected chi connectivity index (χ2v) is 2.60.